The van der Waals surface area contributed by atoms with Crippen molar-refractivity contribution < 1.29 is 22.8 Å². The fourth-order valence-electron chi connectivity index (χ4n) is 4.01. The van der Waals surface area contributed by atoms with Crippen molar-refractivity contribution >= 4 is 39.1 Å². The number of pyridine rings is 1. The van der Waals surface area contributed by atoms with Crippen LogP contribution in [0, 0.1) is 5.92 Å². The summed E-state index contributed by atoms with van der Waals surface area (Å²) >= 11 is 0.911. The average molecular weight is 469 g/mol. The summed E-state index contributed by atoms with van der Waals surface area (Å²) in [5.74, 6) is 0.596. The Hall–Kier alpha value is -2.20. The zero-order valence-corrected chi connectivity index (χ0v) is 19.0. The largest absolute Gasteiger partial charge is 0.417 e. The molecule has 2 aliphatic rings. The Bertz CT molecular complexity index is 1020. The average Bonchev–Trinajstić information content (AvgIpc) is 3.48. The molecule has 0 radical (unpaired) electrons. The molecule has 1 N–H and O–H groups in total. The second kappa shape index (κ2) is 8.97. The Kier molecular flexibility index (Phi) is 6.44. The van der Waals surface area contributed by atoms with Crippen LogP contribution in [0.4, 0.5) is 19.0 Å². The second-order valence-corrected chi connectivity index (χ2v) is 9.52. The Labute approximate surface area is 188 Å². The maximum absolute atomic E-state index is 13.8. The predicted molar refractivity (Wildman–Crippen MR) is 118 cm³/mol. The van der Waals surface area contributed by atoms with Crippen molar-refractivity contribution in [3.63, 3.8) is 0 Å². The fourth-order valence-corrected chi connectivity index (χ4v) is 5.06. The van der Waals surface area contributed by atoms with E-state index in [2.05, 4.69) is 10.3 Å². The third-order valence-electron chi connectivity index (χ3n) is 6.16. The lowest BCUT2D eigenvalue weighted by Crippen LogP contribution is -2.54. The summed E-state index contributed by atoms with van der Waals surface area (Å²) in [6.07, 6.45) is -2.00. The van der Waals surface area contributed by atoms with Gasteiger partial charge in [0.1, 0.15) is 5.82 Å². The number of hydrogen-bond donors (Lipinski definition) is 1. The number of nitrogens with one attached hydrogen (secondary N) is 1. The molecule has 2 fully saturated rings. The Morgan fingerprint density at radius 1 is 1.28 bits per heavy atom. The van der Waals surface area contributed by atoms with E-state index in [0.29, 0.717) is 25.6 Å². The smallest absolute Gasteiger partial charge is 0.355 e. The summed E-state index contributed by atoms with van der Waals surface area (Å²) in [7, 11) is 0. The van der Waals surface area contributed by atoms with Gasteiger partial charge in [-0.25, -0.2) is 4.98 Å². The number of anilines is 1. The zero-order chi connectivity index (χ0) is 23.0. The molecule has 0 unspecified atom stereocenters. The first-order chi connectivity index (χ1) is 15.2. The number of Topliss-reactive ketones (excluding diaryl/α,β-unsaturated/α-hetero) is 1. The van der Waals surface area contributed by atoms with E-state index in [9.17, 15) is 22.8 Å². The number of alkyl halides is 3. The molecule has 10 heteroatoms. The summed E-state index contributed by atoms with van der Waals surface area (Å²) in [5, 5.41) is 4.43. The number of rotatable bonds is 7. The molecule has 0 aromatic carbocycles. The summed E-state index contributed by atoms with van der Waals surface area (Å²) in [4.78, 5) is 32.8. The van der Waals surface area contributed by atoms with Crippen LogP contribution in [0.3, 0.4) is 0 Å². The summed E-state index contributed by atoms with van der Waals surface area (Å²) in [6.45, 7) is 6.09. The standard InChI is InChI=1S/C22H27F3N4O2S/c1-3-17(30)15-12-32-21-16(22(23,24)25)8-18(27-20(15)21)29-7-6-28(13(2)10-29)11-19(31)26-9-14-4-5-14/h8,12-14H,3-7,9-11H2,1-2H3,(H,26,31)/t13-/m1/s1. The van der Waals surface area contributed by atoms with Gasteiger partial charge < -0.3 is 10.2 Å². The minimum atomic E-state index is -4.54. The highest BCUT2D eigenvalue weighted by molar-refractivity contribution is 7.17. The highest BCUT2D eigenvalue weighted by atomic mass is 32.1. The predicted octanol–water partition coefficient (Wildman–Crippen LogP) is 3.94. The van der Waals surface area contributed by atoms with Crippen molar-refractivity contribution in [1.29, 1.82) is 0 Å². The number of hydrogen-bond acceptors (Lipinski definition) is 6. The van der Waals surface area contributed by atoms with Gasteiger partial charge in [0.05, 0.1) is 27.9 Å². The van der Waals surface area contributed by atoms with Gasteiger partial charge in [0.2, 0.25) is 5.91 Å². The van der Waals surface area contributed by atoms with Crippen LogP contribution in [0.5, 0.6) is 0 Å². The van der Waals surface area contributed by atoms with Gasteiger partial charge in [0, 0.05) is 44.0 Å². The molecule has 1 aliphatic carbocycles. The number of fused-ring (bicyclic) bond motifs is 1. The molecule has 1 atom stereocenters. The van der Waals surface area contributed by atoms with Crippen molar-refractivity contribution in [1.82, 2.24) is 15.2 Å². The van der Waals surface area contributed by atoms with Crippen molar-refractivity contribution in [3.8, 4) is 0 Å². The van der Waals surface area contributed by atoms with Crippen LogP contribution in [-0.2, 0) is 11.0 Å². The molecule has 1 amide bonds. The first-order valence-corrected chi connectivity index (χ1v) is 11.8. The minimum Gasteiger partial charge on any atom is -0.355 e. The molecule has 2 aromatic heterocycles. The maximum atomic E-state index is 13.8. The molecule has 0 spiro atoms. The van der Waals surface area contributed by atoms with E-state index in [1.54, 1.807) is 6.92 Å². The van der Waals surface area contributed by atoms with Crippen LogP contribution in [0.1, 0.15) is 49.0 Å². The summed E-state index contributed by atoms with van der Waals surface area (Å²) in [5.41, 5.74) is -0.382. The fraction of sp³-hybridized carbons (Fsp3) is 0.591. The van der Waals surface area contributed by atoms with Crippen molar-refractivity contribution in [3.05, 3.63) is 22.6 Å². The van der Waals surface area contributed by atoms with E-state index in [-0.39, 0.29) is 52.3 Å². The number of nitrogens with zero attached hydrogens (tertiary/aromatic N) is 3. The lowest BCUT2D eigenvalue weighted by Gasteiger charge is -2.40. The maximum Gasteiger partial charge on any atom is 0.417 e. The number of piperazine rings is 1. The van der Waals surface area contributed by atoms with Crippen LogP contribution < -0.4 is 10.2 Å². The van der Waals surface area contributed by atoms with Crippen LogP contribution in [0.15, 0.2) is 11.4 Å². The van der Waals surface area contributed by atoms with Gasteiger partial charge in [-0.15, -0.1) is 11.3 Å². The highest BCUT2D eigenvalue weighted by Crippen LogP contribution is 2.40. The highest BCUT2D eigenvalue weighted by Gasteiger charge is 2.36. The monoisotopic (exact) mass is 468 g/mol. The van der Waals surface area contributed by atoms with Gasteiger partial charge >= 0.3 is 6.18 Å². The number of ketones is 1. The van der Waals surface area contributed by atoms with Crippen molar-refractivity contribution in [2.24, 2.45) is 5.92 Å². The number of thiophene rings is 1. The van der Waals surface area contributed by atoms with Gasteiger partial charge in [0.25, 0.3) is 0 Å². The number of carbonyl (C=O) groups is 2. The van der Waals surface area contributed by atoms with Crippen LogP contribution in [0.25, 0.3) is 10.2 Å². The molecular formula is C22H27F3N4O2S. The third-order valence-corrected chi connectivity index (χ3v) is 7.16. The normalized spacial score (nSPS) is 20.0. The molecule has 3 heterocycles. The van der Waals surface area contributed by atoms with Gasteiger partial charge in [0.15, 0.2) is 5.78 Å². The van der Waals surface area contributed by atoms with Gasteiger partial charge in [-0.2, -0.15) is 13.2 Å². The van der Waals surface area contributed by atoms with Crippen LogP contribution >= 0.6 is 11.3 Å². The summed E-state index contributed by atoms with van der Waals surface area (Å²) < 4.78 is 41.4. The van der Waals surface area contributed by atoms with E-state index in [0.717, 1.165) is 23.9 Å². The molecule has 1 aliphatic heterocycles. The van der Waals surface area contributed by atoms with E-state index in [4.69, 9.17) is 0 Å². The Morgan fingerprint density at radius 3 is 2.66 bits per heavy atom. The molecule has 2 aromatic rings. The van der Waals surface area contributed by atoms with Crippen LogP contribution in [0.2, 0.25) is 0 Å². The van der Waals surface area contributed by atoms with E-state index < -0.39 is 11.7 Å². The lowest BCUT2D eigenvalue weighted by molar-refractivity contribution is -0.136. The molecule has 174 valence electrons. The van der Waals surface area contributed by atoms with E-state index >= 15 is 0 Å². The molecule has 0 bridgehead atoms. The number of aromatic nitrogens is 1. The zero-order valence-electron chi connectivity index (χ0n) is 18.2. The molecule has 32 heavy (non-hydrogen) atoms. The molecule has 1 saturated heterocycles. The number of carbonyl (C=O) groups excluding carboxylic acids is 2. The van der Waals surface area contributed by atoms with Gasteiger partial charge in [-0.05, 0) is 31.7 Å². The van der Waals surface area contributed by atoms with E-state index in [1.807, 2.05) is 16.7 Å². The Morgan fingerprint density at radius 2 is 2.03 bits per heavy atom. The van der Waals surface area contributed by atoms with Gasteiger partial charge in [-0.3, -0.25) is 14.5 Å². The second-order valence-electron chi connectivity index (χ2n) is 8.64. The Balaban J connectivity index is 1.54. The molecule has 1 saturated carbocycles. The summed E-state index contributed by atoms with van der Waals surface area (Å²) in [6, 6.07) is 1.06. The topological polar surface area (TPSA) is 65.5 Å². The minimum absolute atomic E-state index is 0.00271. The van der Waals surface area contributed by atoms with Gasteiger partial charge in [-0.1, -0.05) is 6.92 Å². The quantitative estimate of drug-likeness (QED) is 0.624. The van der Waals surface area contributed by atoms with Crippen LogP contribution in [-0.4, -0.2) is 60.3 Å². The lowest BCUT2D eigenvalue weighted by atomic mass is 10.1. The molecule has 4 rings (SSSR count). The molecule has 6 nitrogen and oxygen atoms in total. The number of amides is 1. The first-order valence-electron chi connectivity index (χ1n) is 11.0. The number of halogens is 3. The first kappa shape index (κ1) is 23.0. The van der Waals surface area contributed by atoms with E-state index in [1.165, 1.54) is 18.2 Å². The van der Waals surface area contributed by atoms with Crippen molar-refractivity contribution in [2.45, 2.75) is 45.3 Å². The molecular weight excluding hydrogens is 441 g/mol. The SMILES string of the molecule is CCC(=O)c1csc2c(C(F)(F)F)cc(N3CCN(CC(=O)NCC4CC4)[C@H](C)C3)nc12. The van der Waals surface area contributed by atoms with Crippen molar-refractivity contribution in [2.75, 3.05) is 37.6 Å². The third kappa shape index (κ3) is 4.91.